The van der Waals surface area contributed by atoms with E-state index in [4.69, 9.17) is 10.6 Å². The number of ether oxygens (including phenoxy) is 1. The van der Waals surface area contributed by atoms with Crippen molar-refractivity contribution in [2.45, 2.75) is 59.9 Å². The third-order valence-electron chi connectivity index (χ3n) is 5.81. The number of amides is 1. The van der Waals surface area contributed by atoms with Gasteiger partial charge in [0.15, 0.2) is 5.78 Å². The van der Waals surface area contributed by atoms with Crippen molar-refractivity contribution in [1.29, 1.82) is 0 Å². The second kappa shape index (κ2) is 8.31. The standard InChI is InChI=1S/C23H32N2O3/c1-14(2)23(6,21(26)18-12-15(3)11-16(4)13-18)25(24)22(27)19-9-8-10-20(28-7)17(19)5/h10-14H,8-9,24H2,1-7H3. The number of carbonyl (C=O) groups is 2. The van der Waals surface area contributed by atoms with Gasteiger partial charge in [0.05, 0.1) is 7.11 Å². The van der Waals surface area contributed by atoms with Crippen LogP contribution in [0.4, 0.5) is 0 Å². The van der Waals surface area contributed by atoms with Gasteiger partial charge in [-0.25, -0.2) is 5.84 Å². The molecule has 5 nitrogen and oxygen atoms in total. The van der Waals surface area contributed by atoms with Crippen LogP contribution in [0.3, 0.4) is 0 Å². The van der Waals surface area contributed by atoms with E-state index in [0.29, 0.717) is 29.7 Å². The SMILES string of the molecule is COC1=CCCC(C(=O)N(N)C(C)(C(=O)c2cc(C)cc(C)c2)C(C)C)=C1C. The van der Waals surface area contributed by atoms with E-state index in [1.807, 2.05) is 58.9 Å². The van der Waals surface area contributed by atoms with Gasteiger partial charge in [-0.3, -0.25) is 14.6 Å². The normalized spacial score (nSPS) is 16.5. The fourth-order valence-corrected chi connectivity index (χ4v) is 3.74. The zero-order chi connectivity index (χ0) is 21.2. The summed E-state index contributed by atoms with van der Waals surface area (Å²) in [6, 6.07) is 5.72. The van der Waals surface area contributed by atoms with Crippen molar-refractivity contribution in [1.82, 2.24) is 5.01 Å². The highest BCUT2D eigenvalue weighted by molar-refractivity contribution is 6.07. The molecule has 0 radical (unpaired) electrons. The van der Waals surface area contributed by atoms with E-state index in [0.717, 1.165) is 21.7 Å². The second-order valence-electron chi connectivity index (χ2n) is 8.10. The molecule has 1 aliphatic carbocycles. The maximum atomic E-state index is 13.5. The zero-order valence-electron chi connectivity index (χ0n) is 18.1. The molecular weight excluding hydrogens is 352 g/mol. The summed E-state index contributed by atoms with van der Waals surface area (Å²) in [6.45, 7) is 11.3. The van der Waals surface area contributed by atoms with Gasteiger partial charge in [0, 0.05) is 11.1 Å². The Hall–Kier alpha value is -2.40. The van der Waals surface area contributed by atoms with Gasteiger partial charge in [0.2, 0.25) is 0 Å². The number of carbonyl (C=O) groups excluding carboxylic acids is 2. The average molecular weight is 385 g/mol. The molecule has 0 aliphatic heterocycles. The molecule has 152 valence electrons. The first kappa shape index (κ1) is 21.9. The molecular formula is C23H32N2O3. The molecule has 0 aromatic heterocycles. The summed E-state index contributed by atoms with van der Waals surface area (Å²) in [6.07, 6.45) is 3.26. The van der Waals surface area contributed by atoms with Crippen LogP contribution in [0.15, 0.2) is 41.2 Å². The molecule has 1 aromatic carbocycles. The minimum atomic E-state index is -1.17. The predicted octanol–water partition coefficient (Wildman–Crippen LogP) is 4.24. The van der Waals surface area contributed by atoms with E-state index in [1.54, 1.807) is 14.0 Å². The van der Waals surface area contributed by atoms with E-state index in [-0.39, 0.29) is 17.6 Å². The molecule has 1 unspecified atom stereocenters. The van der Waals surface area contributed by atoms with E-state index in [9.17, 15) is 9.59 Å². The van der Waals surface area contributed by atoms with Crippen molar-refractivity contribution < 1.29 is 14.3 Å². The fraction of sp³-hybridized carbons (Fsp3) is 0.478. The average Bonchev–Trinajstić information content (AvgIpc) is 2.64. The van der Waals surface area contributed by atoms with Gasteiger partial charge < -0.3 is 4.74 Å². The monoisotopic (exact) mass is 384 g/mol. The fourth-order valence-electron chi connectivity index (χ4n) is 3.74. The number of allylic oxidation sites excluding steroid dienone is 2. The maximum Gasteiger partial charge on any atom is 0.265 e. The van der Waals surface area contributed by atoms with Crippen LogP contribution in [0.25, 0.3) is 0 Å². The van der Waals surface area contributed by atoms with Crippen molar-refractivity contribution in [3.63, 3.8) is 0 Å². The Morgan fingerprint density at radius 2 is 1.71 bits per heavy atom. The number of benzene rings is 1. The number of hydrazine groups is 1. The van der Waals surface area contributed by atoms with Crippen LogP contribution in [0.2, 0.25) is 0 Å². The smallest absolute Gasteiger partial charge is 0.265 e. The third-order valence-corrected chi connectivity index (χ3v) is 5.81. The lowest BCUT2D eigenvalue weighted by Crippen LogP contribution is -2.62. The maximum absolute atomic E-state index is 13.5. The summed E-state index contributed by atoms with van der Waals surface area (Å²) in [4.78, 5) is 26.8. The lowest BCUT2D eigenvalue weighted by Gasteiger charge is -2.41. The largest absolute Gasteiger partial charge is 0.497 e. The van der Waals surface area contributed by atoms with Crippen LogP contribution in [-0.4, -0.2) is 29.3 Å². The van der Waals surface area contributed by atoms with Gasteiger partial charge in [0.1, 0.15) is 11.3 Å². The van der Waals surface area contributed by atoms with Gasteiger partial charge in [-0.05, 0) is 70.2 Å². The molecule has 0 fully saturated rings. The van der Waals surface area contributed by atoms with E-state index in [2.05, 4.69) is 0 Å². The van der Waals surface area contributed by atoms with Gasteiger partial charge in [-0.2, -0.15) is 0 Å². The summed E-state index contributed by atoms with van der Waals surface area (Å²) >= 11 is 0. The number of hydrogen-bond donors (Lipinski definition) is 1. The highest BCUT2D eigenvalue weighted by Gasteiger charge is 2.45. The highest BCUT2D eigenvalue weighted by atomic mass is 16.5. The van der Waals surface area contributed by atoms with Crippen LogP contribution in [0.5, 0.6) is 0 Å². The van der Waals surface area contributed by atoms with E-state index >= 15 is 0 Å². The van der Waals surface area contributed by atoms with Crippen LogP contribution < -0.4 is 5.84 Å². The minimum absolute atomic E-state index is 0.151. The summed E-state index contributed by atoms with van der Waals surface area (Å²) in [7, 11) is 1.59. The van der Waals surface area contributed by atoms with Gasteiger partial charge in [-0.1, -0.05) is 31.0 Å². The zero-order valence-corrected chi connectivity index (χ0v) is 18.1. The summed E-state index contributed by atoms with van der Waals surface area (Å²) < 4.78 is 5.36. The molecule has 1 atom stereocenters. The van der Waals surface area contributed by atoms with Crippen LogP contribution in [0, 0.1) is 19.8 Å². The van der Waals surface area contributed by atoms with Gasteiger partial charge >= 0.3 is 0 Å². The molecule has 0 spiro atoms. The molecule has 5 heteroatoms. The van der Waals surface area contributed by atoms with Crippen LogP contribution in [-0.2, 0) is 9.53 Å². The first-order chi connectivity index (χ1) is 13.0. The lowest BCUT2D eigenvalue weighted by molar-refractivity contribution is -0.133. The van der Waals surface area contributed by atoms with Gasteiger partial charge in [-0.15, -0.1) is 0 Å². The lowest BCUT2D eigenvalue weighted by atomic mass is 9.79. The number of nitrogens with two attached hydrogens (primary N) is 1. The Balaban J connectivity index is 2.48. The van der Waals surface area contributed by atoms with E-state index < -0.39 is 5.54 Å². The Morgan fingerprint density at radius 3 is 2.21 bits per heavy atom. The first-order valence-corrected chi connectivity index (χ1v) is 9.70. The number of ketones is 1. The van der Waals surface area contributed by atoms with Crippen LogP contribution >= 0.6 is 0 Å². The number of methoxy groups -OCH3 is 1. The topological polar surface area (TPSA) is 72.6 Å². The van der Waals surface area contributed by atoms with Crippen molar-refractivity contribution >= 4 is 11.7 Å². The molecule has 1 amide bonds. The second-order valence-corrected chi connectivity index (χ2v) is 8.10. The molecule has 0 saturated heterocycles. The number of hydrogen-bond acceptors (Lipinski definition) is 4. The molecule has 0 heterocycles. The minimum Gasteiger partial charge on any atom is -0.497 e. The number of rotatable bonds is 6. The molecule has 2 rings (SSSR count). The van der Waals surface area contributed by atoms with Crippen molar-refractivity contribution in [3.8, 4) is 0 Å². The Labute approximate surface area is 168 Å². The Morgan fingerprint density at radius 1 is 1.14 bits per heavy atom. The van der Waals surface area contributed by atoms with Crippen molar-refractivity contribution in [2.75, 3.05) is 7.11 Å². The molecule has 0 bridgehead atoms. The molecule has 0 saturated carbocycles. The Bertz CT molecular complexity index is 831. The summed E-state index contributed by atoms with van der Waals surface area (Å²) in [5, 5.41) is 1.13. The number of Topliss-reactive ketones (excluding diaryl/α,β-unsaturated/α-hetero) is 1. The molecule has 1 aliphatic rings. The third kappa shape index (κ3) is 3.90. The summed E-state index contributed by atoms with van der Waals surface area (Å²) in [5.41, 5.74) is 2.79. The van der Waals surface area contributed by atoms with Crippen LogP contribution in [0.1, 0.15) is 62.0 Å². The summed E-state index contributed by atoms with van der Waals surface area (Å²) in [5.74, 6) is 6.40. The van der Waals surface area contributed by atoms with Crippen molar-refractivity contribution in [3.05, 3.63) is 57.9 Å². The first-order valence-electron chi connectivity index (χ1n) is 9.70. The predicted molar refractivity (Wildman–Crippen MR) is 112 cm³/mol. The van der Waals surface area contributed by atoms with Crippen molar-refractivity contribution in [2.24, 2.45) is 11.8 Å². The van der Waals surface area contributed by atoms with Gasteiger partial charge in [0.25, 0.3) is 5.91 Å². The molecule has 2 N–H and O–H groups in total. The number of nitrogens with zero attached hydrogens (tertiary/aromatic N) is 1. The van der Waals surface area contributed by atoms with E-state index in [1.165, 1.54) is 0 Å². The quantitative estimate of drug-likeness (QED) is 0.344. The Kier molecular flexibility index (Phi) is 6.50. The number of aryl methyl sites for hydroxylation is 2. The molecule has 1 aromatic rings. The molecule has 28 heavy (non-hydrogen) atoms. The highest BCUT2D eigenvalue weighted by Crippen LogP contribution is 2.32.